The Hall–Kier alpha value is -1.42. The van der Waals surface area contributed by atoms with E-state index in [0.717, 1.165) is 11.4 Å². The molecule has 0 bridgehead atoms. The van der Waals surface area contributed by atoms with Crippen molar-refractivity contribution in [3.8, 4) is 0 Å². The minimum absolute atomic E-state index is 0.448. The topological polar surface area (TPSA) is 12.0 Å². The lowest BCUT2D eigenvalue weighted by Crippen LogP contribution is -2.16. The second-order valence-corrected chi connectivity index (χ2v) is 3.48. The zero-order valence-electron chi connectivity index (χ0n) is 8.44. The van der Waals surface area contributed by atoms with Gasteiger partial charge in [-0.3, -0.25) is 0 Å². The monoisotopic (exact) mass is 173 g/mol. The molecule has 1 N–H and O–H groups in total. The Balaban J connectivity index is 2.72. The molecule has 0 saturated carbocycles. The number of allylic oxidation sites excluding steroid dienone is 4. The predicted octanol–water partition coefficient (Wildman–Crippen LogP) is 2.90. The van der Waals surface area contributed by atoms with Gasteiger partial charge in [-0.2, -0.15) is 0 Å². The first-order chi connectivity index (χ1) is 6.11. The summed E-state index contributed by atoms with van der Waals surface area (Å²) in [4.78, 5) is 0. The Morgan fingerprint density at radius 2 is 2.00 bits per heavy atom. The zero-order chi connectivity index (χ0) is 9.84. The number of nitrogens with one attached hydrogen (secondary N) is 1. The fourth-order valence-corrected chi connectivity index (χ4v) is 0.907. The van der Waals surface area contributed by atoms with E-state index in [-0.39, 0.29) is 0 Å². The van der Waals surface area contributed by atoms with Gasteiger partial charge < -0.3 is 5.32 Å². The Labute approximate surface area is 79.8 Å². The molecule has 0 radical (unpaired) electrons. The van der Waals surface area contributed by atoms with Crippen LogP contribution in [-0.4, -0.2) is 0 Å². The van der Waals surface area contributed by atoms with Crippen LogP contribution in [0.25, 0.3) is 0 Å². The van der Waals surface area contributed by atoms with Crippen LogP contribution in [0.1, 0.15) is 20.8 Å². The Morgan fingerprint density at radius 1 is 1.38 bits per heavy atom. The van der Waals surface area contributed by atoms with Crippen LogP contribution in [0.3, 0.4) is 0 Å². The van der Waals surface area contributed by atoms with Crippen molar-refractivity contribution in [3.05, 3.63) is 47.2 Å². The second kappa shape index (κ2) is 4.00. The van der Waals surface area contributed by atoms with Crippen LogP contribution < -0.4 is 5.32 Å². The van der Waals surface area contributed by atoms with Crippen LogP contribution >= 0.6 is 0 Å². The summed E-state index contributed by atoms with van der Waals surface area (Å²) in [5.74, 6) is 0.448. The van der Waals surface area contributed by atoms with E-state index >= 15 is 0 Å². The number of hydrogen-bond donors (Lipinski definition) is 1. The molecule has 0 unspecified atom stereocenters. The van der Waals surface area contributed by atoms with E-state index in [4.69, 9.17) is 0 Å². The third kappa shape index (κ3) is 2.52. The lowest BCUT2D eigenvalue weighted by molar-refractivity contribution is 0.707. The summed E-state index contributed by atoms with van der Waals surface area (Å²) in [6, 6.07) is 0. The first-order valence-electron chi connectivity index (χ1n) is 4.45. The van der Waals surface area contributed by atoms with Gasteiger partial charge >= 0.3 is 0 Å². The van der Waals surface area contributed by atoms with Crippen molar-refractivity contribution >= 4 is 0 Å². The lowest BCUT2D eigenvalue weighted by Gasteiger charge is -2.14. The van der Waals surface area contributed by atoms with Crippen molar-refractivity contribution in [1.29, 1.82) is 0 Å². The van der Waals surface area contributed by atoms with Gasteiger partial charge in [0, 0.05) is 11.8 Å². The summed E-state index contributed by atoms with van der Waals surface area (Å²) < 4.78 is 0. The van der Waals surface area contributed by atoms with Crippen molar-refractivity contribution in [1.82, 2.24) is 5.32 Å². The first kappa shape index (κ1) is 9.67. The standard InChI is InChI=1S/C12H15N/c1-9(2)11(4)13-12-8-6-5-7-10(12)3/h7-9,13H,4H2,1-3H3. The van der Waals surface area contributed by atoms with Gasteiger partial charge in [0.25, 0.3) is 0 Å². The highest BCUT2D eigenvalue weighted by Crippen LogP contribution is 2.11. The molecule has 1 heteroatoms. The van der Waals surface area contributed by atoms with E-state index < -0.39 is 0 Å². The van der Waals surface area contributed by atoms with Crippen LogP contribution in [0.4, 0.5) is 0 Å². The Bertz CT molecular complexity index is 343. The van der Waals surface area contributed by atoms with Gasteiger partial charge in [-0.1, -0.05) is 31.9 Å². The fourth-order valence-electron chi connectivity index (χ4n) is 0.907. The number of hydrogen-bond acceptors (Lipinski definition) is 1. The van der Waals surface area contributed by atoms with Crippen molar-refractivity contribution in [2.45, 2.75) is 20.8 Å². The maximum absolute atomic E-state index is 3.96. The Kier molecular flexibility index (Phi) is 2.97. The van der Waals surface area contributed by atoms with Crippen LogP contribution in [0.5, 0.6) is 0 Å². The van der Waals surface area contributed by atoms with Gasteiger partial charge in [0.1, 0.15) is 0 Å². The molecule has 0 saturated heterocycles. The Morgan fingerprint density at radius 3 is 2.54 bits per heavy atom. The summed E-state index contributed by atoms with van der Waals surface area (Å²) >= 11 is 0. The average Bonchev–Trinajstić information content (AvgIpc) is 2.08. The third-order valence-corrected chi connectivity index (χ3v) is 2.01. The van der Waals surface area contributed by atoms with Gasteiger partial charge in [0.05, 0.1) is 5.70 Å². The van der Waals surface area contributed by atoms with Gasteiger partial charge in [0.15, 0.2) is 0 Å². The van der Waals surface area contributed by atoms with Crippen LogP contribution in [0, 0.1) is 5.92 Å². The minimum atomic E-state index is 0.448. The highest BCUT2D eigenvalue weighted by Gasteiger charge is 2.03. The maximum atomic E-state index is 3.96. The van der Waals surface area contributed by atoms with E-state index in [9.17, 15) is 0 Å². The molecule has 0 heterocycles. The summed E-state index contributed by atoms with van der Waals surface area (Å²) in [7, 11) is 0. The fraction of sp³-hybridized carbons (Fsp3) is 0.333. The highest BCUT2D eigenvalue weighted by molar-refractivity contribution is 5.35. The van der Waals surface area contributed by atoms with E-state index in [1.54, 1.807) is 0 Å². The minimum Gasteiger partial charge on any atom is -0.358 e. The quantitative estimate of drug-likeness (QED) is 0.647. The molecule has 0 spiro atoms. The first-order valence-corrected chi connectivity index (χ1v) is 4.45. The molecule has 1 nitrogen and oxygen atoms in total. The average molecular weight is 173 g/mol. The normalized spacial score (nSPS) is 14.2. The smallest absolute Gasteiger partial charge is 0.0502 e. The molecule has 0 amide bonds. The van der Waals surface area contributed by atoms with Crippen molar-refractivity contribution < 1.29 is 0 Å². The van der Waals surface area contributed by atoms with E-state index in [2.05, 4.69) is 37.2 Å². The zero-order valence-corrected chi connectivity index (χ0v) is 8.44. The molecule has 68 valence electrons. The summed E-state index contributed by atoms with van der Waals surface area (Å²) in [5.41, 5.74) is 9.09. The maximum Gasteiger partial charge on any atom is 0.0502 e. The molecule has 0 aromatic rings. The largest absolute Gasteiger partial charge is 0.358 e. The lowest BCUT2D eigenvalue weighted by atomic mass is 10.1. The second-order valence-electron chi connectivity index (χ2n) is 3.48. The van der Waals surface area contributed by atoms with E-state index in [0.29, 0.717) is 5.92 Å². The third-order valence-electron chi connectivity index (χ3n) is 2.01. The molecular weight excluding hydrogens is 158 g/mol. The summed E-state index contributed by atoms with van der Waals surface area (Å²) in [5, 5.41) is 3.26. The summed E-state index contributed by atoms with van der Waals surface area (Å²) in [6.45, 7) is 10.2. The van der Waals surface area contributed by atoms with Gasteiger partial charge in [0.2, 0.25) is 0 Å². The predicted molar refractivity (Wildman–Crippen MR) is 56.0 cm³/mol. The van der Waals surface area contributed by atoms with Crippen LogP contribution in [0.15, 0.2) is 47.2 Å². The van der Waals surface area contributed by atoms with Gasteiger partial charge in [-0.25, -0.2) is 0 Å². The van der Waals surface area contributed by atoms with Crippen molar-refractivity contribution in [2.24, 2.45) is 5.92 Å². The van der Waals surface area contributed by atoms with E-state index in [1.807, 2.05) is 19.1 Å². The molecule has 13 heavy (non-hydrogen) atoms. The number of rotatable bonds is 3. The van der Waals surface area contributed by atoms with Crippen LogP contribution in [-0.2, 0) is 0 Å². The van der Waals surface area contributed by atoms with Crippen molar-refractivity contribution in [2.75, 3.05) is 0 Å². The van der Waals surface area contributed by atoms with Gasteiger partial charge in [-0.05, 0) is 24.5 Å². The molecule has 1 aliphatic carbocycles. The van der Waals surface area contributed by atoms with Crippen molar-refractivity contribution in [3.63, 3.8) is 0 Å². The highest BCUT2D eigenvalue weighted by atomic mass is 14.9. The van der Waals surface area contributed by atoms with E-state index in [1.165, 1.54) is 5.57 Å². The molecule has 1 rings (SSSR count). The molecule has 0 fully saturated rings. The molecule has 0 aromatic carbocycles. The SMILES string of the molecule is C=C(NC1=C(C)C=C=C=C1)C(C)C. The molecule has 0 aromatic heterocycles. The molecule has 0 aliphatic heterocycles. The van der Waals surface area contributed by atoms with Crippen LogP contribution in [0.2, 0.25) is 0 Å². The molecule has 0 atom stereocenters. The molecule has 1 aliphatic rings. The molecular formula is C12H15N. The summed E-state index contributed by atoms with van der Waals surface area (Å²) in [6.07, 6.45) is 3.80. The van der Waals surface area contributed by atoms with Gasteiger partial charge in [-0.15, -0.1) is 0 Å².